The van der Waals surface area contributed by atoms with E-state index in [0.29, 0.717) is 4.47 Å². The fourth-order valence-corrected chi connectivity index (χ4v) is 1.54. The first-order valence-corrected chi connectivity index (χ1v) is 5.60. The summed E-state index contributed by atoms with van der Waals surface area (Å²) in [4.78, 5) is 11.3. The second kappa shape index (κ2) is 6.53. The summed E-state index contributed by atoms with van der Waals surface area (Å²) in [6.45, 7) is -0.523. The number of rotatable bonds is 4. The molecular weight excluding hydrogens is 295 g/mol. The average Bonchev–Trinajstić information content (AvgIpc) is 2.24. The molecule has 0 saturated carbocycles. The zero-order chi connectivity index (χ0) is 12.8. The van der Waals surface area contributed by atoms with Crippen molar-refractivity contribution in [2.24, 2.45) is 0 Å². The van der Waals surface area contributed by atoms with Crippen LogP contribution in [0.3, 0.4) is 0 Å². The molecule has 94 valence electrons. The van der Waals surface area contributed by atoms with E-state index in [1.165, 1.54) is 12.1 Å². The molecule has 0 aliphatic rings. The number of aliphatic hydroxyl groups is 2. The third-order valence-electron chi connectivity index (χ3n) is 1.83. The first kappa shape index (κ1) is 13.9. The Morgan fingerprint density at radius 3 is 2.76 bits per heavy atom. The standard InChI is InChI=1S/C10H12BrFN2O3/c11-6-1-7(12)3-8(2-6)14-10(17)13-4-9(16)5-15/h1-3,9,15-16H,4-5H2,(H2,13,14,17)/t9-/m1/s1. The Morgan fingerprint density at radius 1 is 1.47 bits per heavy atom. The number of hydrogen-bond acceptors (Lipinski definition) is 3. The van der Waals surface area contributed by atoms with Crippen molar-refractivity contribution in [2.75, 3.05) is 18.5 Å². The zero-order valence-corrected chi connectivity index (χ0v) is 10.4. The average molecular weight is 307 g/mol. The van der Waals surface area contributed by atoms with Gasteiger partial charge in [0.25, 0.3) is 0 Å². The number of halogens is 2. The van der Waals surface area contributed by atoms with Gasteiger partial charge in [-0.05, 0) is 18.2 Å². The van der Waals surface area contributed by atoms with E-state index in [4.69, 9.17) is 10.2 Å². The molecule has 1 aromatic carbocycles. The molecular formula is C10H12BrFN2O3. The van der Waals surface area contributed by atoms with Crippen LogP contribution in [0, 0.1) is 5.82 Å². The highest BCUT2D eigenvalue weighted by Gasteiger charge is 2.06. The fourth-order valence-electron chi connectivity index (χ4n) is 1.08. The molecule has 17 heavy (non-hydrogen) atoms. The fraction of sp³-hybridized carbons (Fsp3) is 0.300. The Morgan fingerprint density at radius 2 is 2.18 bits per heavy atom. The van der Waals surface area contributed by atoms with Crippen molar-refractivity contribution >= 4 is 27.6 Å². The van der Waals surface area contributed by atoms with Crippen molar-refractivity contribution in [3.63, 3.8) is 0 Å². The number of carbonyl (C=O) groups excluding carboxylic acids is 1. The predicted molar refractivity (Wildman–Crippen MR) is 64.2 cm³/mol. The maximum absolute atomic E-state index is 13.0. The molecule has 0 spiro atoms. The largest absolute Gasteiger partial charge is 0.394 e. The first-order chi connectivity index (χ1) is 8.01. The lowest BCUT2D eigenvalue weighted by Gasteiger charge is -2.10. The molecule has 0 bridgehead atoms. The molecule has 1 atom stereocenters. The summed E-state index contributed by atoms with van der Waals surface area (Å²) in [6.07, 6.45) is -1.01. The Balaban J connectivity index is 2.50. The van der Waals surface area contributed by atoms with Crippen LogP contribution in [-0.4, -0.2) is 35.5 Å². The number of carbonyl (C=O) groups is 1. The van der Waals surface area contributed by atoms with Crippen molar-refractivity contribution in [1.82, 2.24) is 5.32 Å². The summed E-state index contributed by atoms with van der Waals surface area (Å²) >= 11 is 3.09. The molecule has 0 aliphatic heterocycles. The van der Waals surface area contributed by atoms with Gasteiger partial charge in [-0.1, -0.05) is 15.9 Å². The molecule has 4 N–H and O–H groups in total. The van der Waals surface area contributed by atoms with Gasteiger partial charge in [-0.2, -0.15) is 0 Å². The number of nitrogens with one attached hydrogen (secondary N) is 2. The van der Waals surface area contributed by atoms with E-state index in [1.54, 1.807) is 0 Å². The van der Waals surface area contributed by atoms with E-state index >= 15 is 0 Å². The highest BCUT2D eigenvalue weighted by molar-refractivity contribution is 9.10. The van der Waals surface area contributed by atoms with Crippen LogP contribution in [-0.2, 0) is 0 Å². The molecule has 0 radical (unpaired) electrons. The summed E-state index contributed by atoms with van der Waals surface area (Å²) in [5.74, 6) is -0.481. The van der Waals surface area contributed by atoms with Gasteiger partial charge in [-0.25, -0.2) is 9.18 Å². The van der Waals surface area contributed by atoms with E-state index < -0.39 is 24.6 Å². The maximum atomic E-state index is 13.0. The minimum Gasteiger partial charge on any atom is -0.394 e. The van der Waals surface area contributed by atoms with E-state index in [2.05, 4.69) is 26.6 Å². The number of aliphatic hydroxyl groups excluding tert-OH is 2. The maximum Gasteiger partial charge on any atom is 0.319 e. The summed E-state index contributed by atoms with van der Waals surface area (Å²) in [7, 11) is 0. The molecule has 0 saturated heterocycles. The van der Waals surface area contributed by atoms with E-state index in [9.17, 15) is 9.18 Å². The molecule has 2 amide bonds. The number of amides is 2. The van der Waals surface area contributed by atoms with Gasteiger partial charge < -0.3 is 20.8 Å². The Kier molecular flexibility index (Phi) is 5.33. The predicted octanol–water partition coefficient (Wildman–Crippen LogP) is 1.06. The van der Waals surface area contributed by atoms with Crippen molar-refractivity contribution in [3.8, 4) is 0 Å². The molecule has 0 aliphatic carbocycles. The van der Waals surface area contributed by atoms with Crippen LogP contribution in [0.4, 0.5) is 14.9 Å². The second-order valence-corrected chi connectivity index (χ2v) is 4.25. The lowest BCUT2D eigenvalue weighted by atomic mass is 10.3. The molecule has 7 heteroatoms. The third kappa shape index (κ3) is 5.12. The third-order valence-corrected chi connectivity index (χ3v) is 2.29. The lowest BCUT2D eigenvalue weighted by molar-refractivity contribution is 0.0965. The Labute approximate surface area is 106 Å². The first-order valence-electron chi connectivity index (χ1n) is 4.81. The molecule has 0 fully saturated rings. The van der Waals surface area contributed by atoms with Crippen LogP contribution >= 0.6 is 15.9 Å². The van der Waals surface area contributed by atoms with Crippen LogP contribution in [0.15, 0.2) is 22.7 Å². The number of anilines is 1. The molecule has 1 rings (SSSR count). The van der Waals surface area contributed by atoms with Crippen molar-refractivity contribution in [3.05, 3.63) is 28.5 Å². The Bertz CT molecular complexity index is 383. The van der Waals surface area contributed by atoms with Crippen LogP contribution in [0.25, 0.3) is 0 Å². The molecule has 0 heterocycles. The Hall–Kier alpha value is -1.18. The van der Waals surface area contributed by atoms with Gasteiger partial charge in [-0.3, -0.25) is 0 Å². The van der Waals surface area contributed by atoms with Crippen LogP contribution < -0.4 is 10.6 Å². The normalized spacial score (nSPS) is 12.0. The van der Waals surface area contributed by atoms with Crippen molar-refractivity contribution in [1.29, 1.82) is 0 Å². The van der Waals surface area contributed by atoms with Gasteiger partial charge in [-0.15, -0.1) is 0 Å². The van der Waals surface area contributed by atoms with E-state index in [0.717, 1.165) is 6.07 Å². The molecule has 5 nitrogen and oxygen atoms in total. The minimum absolute atomic E-state index is 0.0845. The monoisotopic (exact) mass is 306 g/mol. The summed E-state index contributed by atoms with van der Waals surface area (Å²) in [6, 6.07) is 3.37. The van der Waals surface area contributed by atoms with E-state index in [1.807, 2.05) is 0 Å². The minimum atomic E-state index is -1.01. The van der Waals surface area contributed by atoms with Gasteiger partial charge in [0.15, 0.2) is 0 Å². The smallest absolute Gasteiger partial charge is 0.319 e. The highest BCUT2D eigenvalue weighted by atomic mass is 79.9. The second-order valence-electron chi connectivity index (χ2n) is 3.33. The number of benzene rings is 1. The SMILES string of the molecule is O=C(NC[C@@H](O)CO)Nc1cc(F)cc(Br)c1. The lowest BCUT2D eigenvalue weighted by Crippen LogP contribution is -2.36. The van der Waals surface area contributed by atoms with Gasteiger partial charge >= 0.3 is 6.03 Å². The zero-order valence-electron chi connectivity index (χ0n) is 8.78. The van der Waals surface area contributed by atoms with Gasteiger partial charge in [0.1, 0.15) is 5.82 Å². The van der Waals surface area contributed by atoms with Crippen LogP contribution in [0.1, 0.15) is 0 Å². The van der Waals surface area contributed by atoms with Crippen LogP contribution in [0.2, 0.25) is 0 Å². The molecule has 0 unspecified atom stereocenters. The topological polar surface area (TPSA) is 81.6 Å². The quantitative estimate of drug-likeness (QED) is 0.671. The van der Waals surface area contributed by atoms with E-state index in [-0.39, 0.29) is 12.2 Å². The van der Waals surface area contributed by atoms with Crippen molar-refractivity contribution in [2.45, 2.75) is 6.10 Å². The van der Waals surface area contributed by atoms with Crippen LogP contribution in [0.5, 0.6) is 0 Å². The molecule has 1 aromatic rings. The number of urea groups is 1. The summed E-state index contributed by atoms with van der Waals surface area (Å²) in [5, 5.41) is 22.2. The van der Waals surface area contributed by atoms with Gasteiger partial charge in [0.2, 0.25) is 0 Å². The van der Waals surface area contributed by atoms with Gasteiger partial charge in [0.05, 0.1) is 12.7 Å². The summed E-state index contributed by atoms with van der Waals surface area (Å²) < 4.78 is 13.5. The van der Waals surface area contributed by atoms with Gasteiger partial charge in [0, 0.05) is 16.7 Å². The number of hydrogen-bond donors (Lipinski definition) is 4. The molecule has 0 aromatic heterocycles. The summed E-state index contributed by atoms with van der Waals surface area (Å²) in [5.41, 5.74) is 0.285. The highest BCUT2D eigenvalue weighted by Crippen LogP contribution is 2.18. The van der Waals surface area contributed by atoms with Crippen molar-refractivity contribution < 1.29 is 19.4 Å².